The molecule has 1 aliphatic carbocycles. The van der Waals surface area contributed by atoms with Crippen LogP contribution in [0.2, 0.25) is 0 Å². The van der Waals surface area contributed by atoms with E-state index in [1.54, 1.807) is 6.26 Å². The molecular formula is C18H22O2. The number of carbonyl (C=O) groups is 1. The van der Waals surface area contributed by atoms with Crippen LogP contribution in [0, 0.1) is 0 Å². The first-order chi connectivity index (χ1) is 9.83. The van der Waals surface area contributed by atoms with Gasteiger partial charge in [0.25, 0.3) is 0 Å². The summed E-state index contributed by atoms with van der Waals surface area (Å²) < 4.78 is 5.39. The molecule has 3 rings (SSSR count). The lowest BCUT2D eigenvalue weighted by Gasteiger charge is -2.37. The Labute approximate surface area is 120 Å². The first-order valence-electron chi connectivity index (χ1n) is 7.74. The largest absolute Gasteiger partial charge is 0.501 e. The Kier molecular flexibility index (Phi) is 3.90. The van der Waals surface area contributed by atoms with E-state index in [-0.39, 0.29) is 5.41 Å². The van der Waals surface area contributed by atoms with E-state index < -0.39 is 0 Å². The lowest BCUT2D eigenvalue weighted by Crippen LogP contribution is -2.39. The molecule has 1 aliphatic heterocycles. The molecular weight excluding hydrogens is 248 g/mol. The number of rotatable bonds is 3. The van der Waals surface area contributed by atoms with E-state index >= 15 is 0 Å². The molecule has 0 N–H and O–H groups in total. The minimum Gasteiger partial charge on any atom is -0.501 e. The number of hydrogen-bond donors (Lipinski definition) is 0. The molecule has 1 aromatic rings. The zero-order valence-corrected chi connectivity index (χ0v) is 11.9. The molecule has 0 bridgehead atoms. The van der Waals surface area contributed by atoms with Crippen LogP contribution in [-0.4, -0.2) is 12.4 Å². The zero-order chi connectivity index (χ0) is 13.8. The van der Waals surface area contributed by atoms with Crippen molar-refractivity contribution in [1.82, 2.24) is 0 Å². The lowest BCUT2D eigenvalue weighted by molar-refractivity contribution is -0.122. The predicted octanol–water partition coefficient (Wildman–Crippen LogP) is 4.15. The van der Waals surface area contributed by atoms with Crippen LogP contribution in [0.5, 0.6) is 0 Å². The van der Waals surface area contributed by atoms with Crippen molar-refractivity contribution in [1.29, 1.82) is 0 Å². The summed E-state index contributed by atoms with van der Waals surface area (Å²) in [5, 5.41) is 0. The smallest absolute Gasteiger partial charge is 0.172 e. The fourth-order valence-corrected chi connectivity index (χ4v) is 3.60. The molecule has 2 nitrogen and oxygen atoms in total. The average Bonchev–Trinajstić information content (AvgIpc) is 2.56. The Morgan fingerprint density at radius 2 is 1.75 bits per heavy atom. The van der Waals surface area contributed by atoms with Gasteiger partial charge in [-0.25, -0.2) is 0 Å². The van der Waals surface area contributed by atoms with E-state index in [9.17, 15) is 4.79 Å². The van der Waals surface area contributed by atoms with Crippen molar-refractivity contribution in [3.05, 3.63) is 47.7 Å². The highest BCUT2D eigenvalue weighted by Gasteiger charge is 2.42. The van der Waals surface area contributed by atoms with Crippen molar-refractivity contribution in [3.8, 4) is 0 Å². The van der Waals surface area contributed by atoms with Crippen molar-refractivity contribution in [2.24, 2.45) is 0 Å². The van der Waals surface area contributed by atoms with Gasteiger partial charge in [-0.1, -0.05) is 49.6 Å². The highest BCUT2D eigenvalue weighted by atomic mass is 16.5. The molecule has 1 heterocycles. The molecule has 2 heteroatoms. The van der Waals surface area contributed by atoms with Gasteiger partial charge in [-0.3, -0.25) is 4.79 Å². The van der Waals surface area contributed by atoms with Crippen LogP contribution in [0.3, 0.4) is 0 Å². The van der Waals surface area contributed by atoms with Gasteiger partial charge in [-0.15, -0.1) is 0 Å². The van der Waals surface area contributed by atoms with Crippen molar-refractivity contribution >= 4 is 5.78 Å². The van der Waals surface area contributed by atoms with Gasteiger partial charge in [-0.2, -0.15) is 0 Å². The third kappa shape index (κ3) is 2.39. The first kappa shape index (κ1) is 13.4. The van der Waals surface area contributed by atoms with Gasteiger partial charge in [0.05, 0.1) is 18.3 Å². The number of hydrogen-bond acceptors (Lipinski definition) is 2. The number of carbonyl (C=O) groups excluding carboxylic acids is 1. The standard InChI is InChI=1S/C18H22O2/c19-17(15-8-7-13-20-14-15)18(11-5-2-6-12-18)16-9-3-1-4-10-16/h1,3-4,9-10,14H,2,5-8,11-13H2. The monoisotopic (exact) mass is 270 g/mol. The fraction of sp³-hybridized carbons (Fsp3) is 0.500. The maximum atomic E-state index is 13.1. The van der Waals surface area contributed by atoms with E-state index in [0.717, 1.165) is 50.7 Å². The second-order valence-corrected chi connectivity index (χ2v) is 5.96. The summed E-state index contributed by atoms with van der Waals surface area (Å²) in [6.07, 6.45) is 9.04. The van der Waals surface area contributed by atoms with Gasteiger partial charge >= 0.3 is 0 Å². The summed E-state index contributed by atoms with van der Waals surface area (Å²) in [6.45, 7) is 0.745. The summed E-state index contributed by atoms with van der Waals surface area (Å²) in [6, 6.07) is 10.4. The second-order valence-electron chi connectivity index (χ2n) is 5.96. The molecule has 0 radical (unpaired) electrons. The quantitative estimate of drug-likeness (QED) is 0.824. The molecule has 106 valence electrons. The Balaban J connectivity index is 1.97. The van der Waals surface area contributed by atoms with E-state index in [4.69, 9.17) is 4.74 Å². The van der Waals surface area contributed by atoms with Crippen LogP contribution in [0.1, 0.15) is 50.5 Å². The van der Waals surface area contributed by atoms with E-state index in [1.165, 1.54) is 12.0 Å². The number of Topliss-reactive ketones (excluding diaryl/α,β-unsaturated/α-hetero) is 1. The molecule has 20 heavy (non-hydrogen) atoms. The Morgan fingerprint density at radius 3 is 2.40 bits per heavy atom. The number of allylic oxidation sites excluding steroid dienone is 1. The van der Waals surface area contributed by atoms with Gasteiger partial charge in [0, 0.05) is 5.57 Å². The maximum Gasteiger partial charge on any atom is 0.172 e. The van der Waals surface area contributed by atoms with Gasteiger partial charge < -0.3 is 4.74 Å². The number of ketones is 1. The molecule has 1 saturated carbocycles. The second kappa shape index (κ2) is 5.82. The molecule has 0 saturated heterocycles. The summed E-state index contributed by atoms with van der Waals surface area (Å²) >= 11 is 0. The third-order valence-electron chi connectivity index (χ3n) is 4.69. The molecule has 0 aromatic heterocycles. The highest BCUT2D eigenvalue weighted by Crippen LogP contribution is 2.42. The highest BCUT2D eigenvalue weighted by molar-refractivity contribution is 6.03. The summed E-state index contributed by atoms with van der Waals surface area (Å²) in [4.78, 5) is 13.1. The Hall–Kier alpha value is -1.57. The van der Waals surface area contributed by atoms with Gasteiger partial charge in [0.2, 0.25) is 0 Å². The van der Waals surface area contributed by atoms with Gasteiger partial charge in [0.15, 0.2) is 5.78 Å². The molecule has 1 fully saturated rings. The fourth-order valence-electron chi connectivity index (χ4n) is 3.60. The van der Waals surface area contributed by atoms with Crippen LogP contribution in [0.25, 0.3) is 0 Å². The van der Waals surface area contributed by atoms with Gasteiger partial charge in [-0.05, 0) is 31.2 Å². The van der Waals surface area contributed by atoms with Crippen LogP contribution in [-0.2, 0) is 14.9 Å². The van der Waals surface area contributed by atoms with E-state index in [0.29, 0.717) is 5.78 Å². The SMILES string of the molecule is O=C(C1=COCCC1)C1(c2ccccc2)CCCCC1. The lowest BCUT2D eigenvalue weighted by atomic mass is 9.65. The van der Waals surface area contributed by atoms with Gasteiger partial charge in [0.1, 0.15) is 0 Å². The summed E-state index contributed by atoms with van der Waals surface area (Å²) in [7, 11) is 0. The normalized spacial score (nSPS) is 21.7. The average molecular weight is 270 g/mol. The molecule has 2 aliphatic rings. The number of ether oxygens (including phenoxy) is 1. The molecule has 0 unspecified atom stereocenters. The molecule has 0 amide bonds. The van der Waals surface area contributed by atoms with Crippen molar-refractivity contribution in [3.63, 3.8) is 0 Å². The van der Waals surface area contributed by atoms with Crippen LogP contribution < -0.4 is 0 Å². The third-order valence-corrected chi connectivity index (χ3v) is 4.69. The minimum atomic E-state index is -0.300. The topological polar surface area (TPSA) is 26.3 Å². The zero-order valence-electron chi connectivity index (χ0n) is 11.9. The van der Waals surface area contributed by atoms with Crippen molar-refractivity contribution < 1.29 is 9.53 Å². The minimum absolute atomic E-state index is 0.300. The first-order valence-corrected chi connectivity index (χ1v) is 7.74. The van der Waals surface area contributed by atoms with Crippen LogP contribution in [0.4, 0.5) is 0 Å². The molecule has 1 aromatic carbocycles. The van der Waals surface area contributed by atoms with E-state index in [1.807, 2.05) is 18.2 Å². The predicted molar refractivity (Wildman–Crippen MR) is 79.5 cm³/mol. The summed E-state index contributed by atoms with van der Waals surface area (Å²) in [5.41, 5.74) is 1.78. The van der Waals surface area contributed by atoms with Crippen molar-refractivity contribution in [2.45, 2.75) is 50.4 Å². The van der Waals surface area contributed by atoms with E-state index in [2.05, 4.69) is 12.1 Å². The van der Waals surface area contributed by atoms with Crippen LogP contribution >= 0.6 is 0 Å². The summed E-state index contributed by atoms with van der Waals surface area (Å²) in [5.74, 6) is 0.308. The number of benzene rings is 1. The molecule has 0 spiro atoms. The van der Waals surface area contributed by atoms with Crippen molar-refractivity contribution in [2.75, 3.05) is 6.61 Å². The van der Waals surface area contributed by atoms with Crippen LogP contribution in [0.15, 0.2) is 42.2 Å². The maximum absolute atomic E-state index is 13.1. The molecule has 0 atom stereocenters. The Morgan fingerprint density at radius 1 is 1.00 bits per heavy atom. The Bertz CT molecular complexity index is 495.